The van der Waals surface area contributed by atoms with Crippen LogP contribution >= 0.6 is 11.6 Å². The van der Waals surface area contributed by atoms with Crippen molar-refractivity contribution in [2.45, 2.75) is 37.4 Å². The van der Waals surface area contributed by atoms with Crippen LogP contribution in [0.1, 0.15) is 29.8 Å². The van der Waals surface area contributed by atoms with Gasteiger partial charge in [0.1, 0.15) is 5.76 Å². The van der Waals surface area contributed by atoms with Crippen molar-refractivity contribution in [3.8, 4) is 17.5 Å². The van der Waals surface area contributed by atoms with Crippen LogP contribution in [0.25, 0.3) is 11.3 Å². The molecule has 2 aliphatic heterocycles. The second-order valence-electron chi connectivity index (χ2n) is 6.30. The minimum atomic E-state index is -0.237. The van der Waals surface area contributed by atoms with Crippen molar-refractivity contribution in [2.75, 3.05) is 0 Å². The van der Waals surface area contributed by atoms with Gasteiger partial charge in [0.05, 0.1) is 12.1 Å². The molecule has 122 valence electrons. The average molecular weight is 342 g/mol. The molecule has 4 rings (SSSR count). The lowest BCUT2D eigenvalue weighted by Gasteiger charge is -2.21. The summed E-state index contributed by atoms with van der Waals surface area (Å²) in [5.74, 6) is 0.643. The number of benzene rings is 1. The van der Waals surface area contributed by atoms with Gasteiger partial charge in [0.2, 0.25) is 0 Å². The zero-order valence-electron chi connectivity index (χ0n) is 12.9. The summed E-state index contributed by atoms with van der Waals surface area (Å²) in [6.45, 7) is 0. The van der Waals surface area contributed by atoms with Gasteiger partial charge in [-0.1, -0.05) is 23.7 Å². The molecule has 6 heteroatoms. The van der Waals surface area contributed by atoms with Crippen LogP contribution < -0.4 is 5.32 Å². The van der Waals surface area contributed by atoms with E-state index in [0.29, 0.717) is 10.8 Å². The maximum Gasteiger partial charge on any atom is 0.287 e. The van der Waals surface area contributed by atoms with Crippen LogP contribution in [-0.4, -0.2) is 28.9 Å². The van der Waals surface area contributed by atoms with Crippen molar-refractivity contribution in [3.63, 3.8) is 0 Å². The van der Waals surface area contributed by atoms with Crippen LogP contribution in [0.3, 0.4) is 0 Å². The van der Waals surface area contributed by atoms with Gasteiger partial charge in [-0.05, 0) is 43.5 Å². The second kappa shape index (κ2) is 5.88. The Morgan fingerprint density at radius 3 is 2.96 bits per heavy atom. The molecule has 3 heterocycles. The Bertz CT molecular complexity index is 826. The Morgan fingerprint density at radius 2 is 2.21 bits per heavy atom. The maximum absolute atomic E-state index is 12.5. The number of amides is 1. The number of furan rings is 1. The van der Waals surface area contributed by atoms with Crippen LogP contribution in [0.15, 0.2) is 40.8 Å². The van der Waals surface area contributed by atoms with Crippen LogP contribution in [-0.2, 0) is 0 Å². The van der Waals surface area contributed by atoms with E-state index in [-0.39, 0.29) is 29.8 Å². The van der Waals surface area contributed by atoms with E-state index >= 15 is 0 Å². The lowest BCUT2D eigenvalue weighted by molar-refractivity contribution is 0.0901. The van der Waals surface area contributed by atoms with Crippen LogP contribution in [0, 0.1) is 11.5 Å². The SMILES string of the molecule is N#CN1[C@H]2CC[C@@H]1[C@H](NC(=O)c1ccc(-c3cccc(Cl)c3)o1)C2. The van der Waals surface area contributed by atoms with E-state index < -0.39 is 0 Å². The Balaban J connectivity index is 1.48. The van der Waals surface area contributed by atoms with Gasteiger partial charge >= 0.3 is 0 Å². The van der Waals surface area contributed by atoms with Crippen molar-refractivity contribution >= 4 is 17.5 Å². The van der Waals surface area contributed by atoms with Gasteiger partial charge < -0.3 is 14.6 Å². The highest BCUT2D eigenvalue weighted by molar-refractivity contribution is 6.30. The Kier molecular flexibility index (Phi) is 3.70. The molecule has 1 aromatic heterocycles. The molecule has 0 spiro atoms. The fraction of sp³-hybridized carbons (Fsp3) is 0.333. The molecule has 3 atom stereocenters. The van der Waals surface area contributed by atoms with Gasteiger partial charge in [0.15, 0.2) is 12.0 Å². The van der Waals surface area contributed by atoms with E-state index in [1.165, 1.54) is 0 Å². The number of fused-ring (bicyclic) bond motifs is 2. The number of nitriles is 1. The molecule has 0 aliphatic carbocycles. The molecule has 24 heavy (non-hydrogen) atoms. The van der Waals surface area contributed by atoms with Gasteiger partial charge in [0, 0.05) is 16.6 Å². The van der Waals surface area contributed by atoms with Gasteiger partial charge in [-0.3, -0.25) is 4.79 Å². The number of hydrogen-bond donors (Lipinski definition) is 1. The zero-order chi connectivity index (χ0) is 16.7. The van der Waals surface area contributed by atoms with Gasteiger partial charge in [-0.15, -0.1) is 0 Å². The highest BCUT2D eigenvalue weighted by Gasteiger charge is 2.46. The summed E-state index contributed by atoms with van der Waals surface area (Å²) < 4.78 is 5.68. The van der Waals surface area contributed by atoms with Crippen molar-refractivity contribution in [1.29, 1.82) is 5.26 Å². The molecule has 2 fully saturated rings. The fourth-order valence-electron chi connectivity index (χ4n) is 3.80. The highest BCUT2D eigenvalue weighted by atomic mass is 35.5. The summed E-state index contributed by atoms with van der Waals surface area (Å²) >= 11 is 5.99. The van der Waals surface area contributed by atoms with Crippen molar-refractivity contribution in [2.24, 2.45) is 0 Å². The van der Waals surface area contributed by atoms with Crippen LogP contribution in [0.2, 0.25) is 5.02 Å². The zero-order valence-corrected chi connectivity index (χ0v) is 13.7. The third kappa shape index (κ3) is 2.53. The molecule has 1 amide bonds. The molecule has 2 bridgehead atoms. The Morgan fingerprint density at radius 1 is 1.33 bits per heavy atom. The molecule has 0 saturated carbocycles. The van der Waals surface area contributed by atoms with Gasteiger partial charge in [-0.2, -0.15) is 5.26 Å². The number of carbonyl (C=O) groups is 1. The summed E-state index contributed by atoms with van der Waals surface area (Å²) in [6.07, 6.45) is 5.06. The predicted octanol–water partition coefficient (Wildman–Crippen LogP) is 3.42. The van der Waals surface area contributed by atoms with E-state index in [1.54, 1.807) is 24.3 Å². The van der Waals surface area contributed by atoms with E-state index in [0.717, 1.165) is 24.8 Å². The van der Waals surface area contributed by atoms with Crippen molar-refractivity contribution < 1.29 is 9.21 Å². The number of carbonyl (C=O) groups excluding carboxylic acids is 1. The topological polar surface area (TPSA) is 69.3 Å². The smallest absolute Gasteiger partial charge is 0.287 e. The molecule has 2 aliphatic rings. The van der Waals surface area contributed by atoms with Gasteiger partial charge in [0.25, 0.3) is 5.91 Å². The van der Waals surface area contributed by atoms with Crippen molar-refractivity contribution in [1.82, 2.24) is 10.2 Å². The maximum atomic E-state index is 12.5. The van der Waals surface area contributed by atoms with E-state index in [2.05, 4.69) is 11.5 Å². The number of nitrogens with zero attached hydrogens (tertiary/aromatic N) is 2. The normalized spacial score (nSPS) is 24.8. The summed E-state index contributed by atoms with van der Waals surface area (Å²) in [6, 6.07) is 11.1. The molecule has 0 radical (unpaired) electrons. The molecule has 0 unspecified atom stereocenters. The molecular weight excluding hydrogens is 326 g/mol. The fourth-order valence-corrected chi connectivity index (χ4v) is 3.99. The number of rotatable bonds is 3. The van der Waals surface area contributed by atoms with Gasteiger partial charge in [-0.25, -0.2) is 0 Å². The molecule has 1 aromatic carbocycles. The lowest BCUT2D eigenvalue weighted by Crippen LogP contribution is -2.43. The third-order valence-corrected chi connectivity index (χ3v) is 5.14. The standard InChI is InChI=1S/C18H16ClN3O2/c19-12-3-1-2-11(8-12)16-6-7-17(24-16)18(23)21-14-9-13-4-5-15(14)22(13)10-20/h1-3,6-8,13-15H,4-5,9H2,(H,21,23)/t13-,14+,15+/m0/s1. The van der Waals surface area contributed by atoms with E-state index in [1.807, 2.05) is 17.0 Å². The van der Waals surface area contributed by atoms with Crippen LogP contribution in [0.5, 0.6) is 0 Å². The number of nitrogens with one attached hydrogen (secondary N) is 1. The first kappa shape index (κ1) is 15.1. The van der Waals surface area contributed by atoms with E-state index in [4.69, 9.17) is 16.0 Å². The first-order valence-corrected chi connectivity index (χ1v) is 8.38. The summed E-state index contributed by atoms with van der Waals surface area (Å²) in [7, 11) is 0. The first-order valence-electron chi connectivity index (χ1n) is 8.00. The number of halogens is 1. The average Bonchev–Trinajstić information content (AvgIpc) is 3.28. The highest BCUT2D eigenvalue weighted by Crippen LogP contribution is 2.37. The second-order valence-corrected chi connectivity index (χ2v) is 6.73. The third-order valence-electron chi connectivity index (χ3n) is 4.91. The summed E-state index contributed by atoms with van der Waals surface area (Å²) in [5, 5.41) is 12.8. The van der Waals surface area contributed by atoms with Crippen LogP contribution in [0.4, 0.5) is 0 Å². The summed E-state index contributed by atoms with van der Waals surface area (Å²) in [5.41, 5.74) is 0.831. The lowest BCUT2D eigenvalue weighted by atomic mass is 9.95. The minimum Gasteiger partial charge on any atom is -0.451 e. The van der Waals surface area contributed by atoms with Crippen molar-refractivity contribution in [3.05, 3.63) is 47.2 Å². The molecule has 2 aromatic rings. The predicted molar refractivity (Wildman–Crippen MR) is 89.3 cm³/mol. The molecular formula is C18H16ClN3O2. The molecule has 1 N–H and O–H groups in total. The quantitative estimate of drug-likeness (QED) is 0.868. The molecule has 2 saturated heterocycles. The Hall–Kier alpha value is -2.45. The monoisotopic (exact) mass is 341 g/mol. The minimum absolute atomic E-state index is 0.00983. The first-order chi connectivity index (χ1) is 11.7. The largest absolute Gasteiger partial charge is 0.451 e. The number of hydrogen-bond acceptors (Lipinski definition) is 4. The molecule has 5 nitrogen and oxygen atoms in total. The Labute approximate surface area is 144 Å². The summed E-state index contributed by atoms with van der Waals surface area (Å²) in [4.78, 5) is 14.3. The van der Waals surface area contributed by atoms with E-state index in [9.17, 15) is 10.1 Å².